The molecule has 0 saturated heterocycles. The van der Waals surface area contributed by atoms with E-state index in [1.165, 1.54) is 75.3 Å². The van der Waals surface area contributed by atoms with Crippen molar-refractivity contribution >= 4 is 0 Å². The highest BCUT2D eigenvalue weighted by molar-refractivity contribution is 5.22. The largest absolute Gasteiger partial charge is 0.0654 e. The fourth-order valence-electron chi connectivity index (χ4n) is 2.35. The molecule has 0 unspecified atom stereocenters. The van der Waals surface area contributed by atoms with Crippen LogP contribution in [0.5, 0.6) is 0 Å². The molecule has 0 aliphatic rings. The topological polar surface area (TPSA) is 0 Å². The standard InChI is InChI=1S/C18H29/c1-3-5-7-9-12-17-14-11-15-18(16-17)13-10-8-6-4-2/h11,14-15H,3-10,12-13H2,1-2H3. The fourth-order valence-corrected chi connectivity index (χ4v) is 2.35. The third-order valence-electron chi connectivity index (χ3n) is 3.52. The van der Waals surface area contributed by atoms with E-state index in [9.17, 15) is 0 Å². The van der Waals surface area contributed by atoms with E-state index in [1.807, 2.05) is 0 Å². The Hall–Kier alpha value is -0.780. The van der Waals surface area contributed by atoms with Gasteiger partial charge in [-0.15, -0.1) is 0 Å². The summed E-state index contributed by atoms with van der Waals surface area (Å²) in [5.41, 5.74) is 2.83. The minimum absolute atomic E-state index is 1.21. The van der Waals surface area contributed by atoms with Gasteiger partial charge in [-0.2, -0.15) is 0 Å². The van der Waals surface area contributed by atoms with Crippen LogP contribution >= 0.6 is 0 Å². The zero-order valence-corrected chi connectivity index (χ0v) is 12.3. The number of hydrogen-bond acceptors (Lipinski definition) is 0. The quantitative estimate of drug-likeness (QED) is 0.462. The molecule has 1 radical (unpaired) electrons. The summed E-state index contributed by atoms with van der Waals surface area (Å²) in [6.07, 6.45) is 13.2. The summed E-state index contributed by atoms with van der Waals surface area (Å²) in [4.78, 5) is 0. The molecule has 0 amide bonds. The SMILES string of the molecule is CCCCCCc1[c]c(CCCCCC)ccc1. The van der Waals surface area contributed by atoms with Crippen LogP contribution in [0.1, 0.15) is 76.3 Å². The Morgan fingerprint density at radius 1 is 0.722 bits per heavy atom. The molecule has 0 heteroatoms. The van der Waals surface area contributed by atoms with E-state index in [4.69, 9.17) is 0 Å². The van der Waals surface area contributed by atoms with Gasteiger partial charge < -0.3 is 0 Å². The minimum Gasteiger partial charge on any atom is -0.0654 e. The lowest BCUT2D eigenvalue weighted by Gasteiger charge is -2.05. The van der Waals surface area contributed by atoms with E-state index in [-0.39, 0.29) is 0 Å². The molecule has 1 aromatic carbocycles. The van der Waals surface area contributed by atoms with Gasteiger partial charge in [-0.3, -0.25) is 0 Å². The van der Waals surface area contributed by atoms with Crippen molar-refractivity contribution in [3.8, 4) is 0 Å². The summed E-state index contributed by atoms with van der Waals surface area (Å²) in [6, 6.07) is 10.3. The Labute approximate surface area is 114 Å². The molecule has 0 aromatic heterocycles. The molecule has 0 N–H and O–H groups in total. The number of hydrogen-bond donors (Lipinski definition) is 0. The highest BCUT2D eigenvalue weighted by Gasteiger charge is 1.98. The Bertz CT molecular complexity index is 273. The molecule has 101 valence electrons. The first-order valence-electron chi connectivity index (χ1n) is 7.87. The highest BCUT2D eigenvalue weighted by Crippen LogP contribution is 2.12. The van der Waals surface area contributed by atoms with Crippen LogP contribution in [-0.2, 0) is 12.8 Å². The van der Waals surface area contributed by atoms with Crippen LogP contribution < -0.4 is 0 Å². The van der Waals surface area contributed by atoms with E-state index in [0.717, 1.165) is 0 Å². The van der Waals surface area contributed by atoms with Gasteiger partial charge in [-0.1, -0.05) is 70.6 Å². The van der Waals surface area contributed by atoms with E-state index < -0.39 is 0 Å². The van der Waals surface area contributed by atoms with Crippen molar-refractivity contribution in [2.45, 2.75) is 78.1 Å². The molecular weight excluding hydrogens is 216 g/mol. The van der Waals surface area contributed by atoms with E-state index in [1.54, 1.807) is 0 Å². The zero-order valence-electron chi connectivity index (χ0n) is 12.3. The van der Waals surface area contributed by atoms with Crippen molar-refractivity contribution in [1.29, 1.82) is 0 Å². The van der Waals surface area contributed by atoms with Crippen molar-refractivity contribution in [3.05, 3.63) is 35.4 Å². The third-order valence-corrected chi connectivity index (χ3v) is 3.52. The first-order valence-corrected chi connectivity index (χ1v) is 7.87. The van der Waals surface area contributed by atoms with Crippen LogP contribution in [0.25, 0.3) is 0 Å². The lowest BCUT2D eigenvalue weighted by molar-refractivity contribution is 0.660. The Kier molecular flexibility index (Phi) is 8.63. The molecular formula is C18H29. The van der Waals surface area contributed by atoms with Gasteiger partial charge in [0.15, 0.2) is 0 Å². The highest BCUT2D eigenvalue weighted by atomic mass is 14.0. The molecule has 0 aliphatic heterocycles. The van der Waals surface area contributed by atoms with Crippen LogP contribution in [0, 0.1) is 6.07 Å². The second-order valence-electron chi connectivity index (χ2n) is 5.32. The van der Waals surface area contributed by atoms with Gasteiger partial charge in [0.25, 0.3) is 0 Å². The second-order valence-corrected chi connectivity index (χ2v) is 5.32. The first kappa shape index (κ1) is 15.3. The van der Waals surface area contributed by atoms with Crippen LogP contribution in [0.15, 0.2) is 18.2 Å². The predicted octanol–water partition coefficient (Wildman–Crippen LogP) is 5.73. The molecule has 0 atom stereocenters. The smallest absolute Gasteiger partial charge is 0.0114 e. The Balaban J connectivity index is 2.27. The van der Waals surface area contributed by atoms with Crippen molar-refractivity contribution in [1.82, 2.24) is 0 Å². The molecule has 1 aromatic rings. The summed E-state index contributed by atoms with van der Waals surface area (Å²) in [6.45, 7) is 4.53. The van der Waals surface area contributed by atoms with Crippen LogP contribution in [0.4, 0.5) is 0 Å². The summed E-state index contributed by atoms with van der Waals surface area (Å²) < 4.78 is 0. The molecule has 1 rings (SSSR count). The molecule has 0 spiro atoms. The number of rotatable bonds is 10. The summed E-state index contributed by atoms with van der Waals surface area (Å²) >= 11 is 0. The van der Waals surface area contributed by atoms with Crippen molar-refractivity contribution in [2.75, 3.05) is 0 Å². The van der Waals surface area contributed by atoms with E-state index in [2.05, 4.69) is 38.1 Å². The van der Waals surface area contributed by atoms with E-state index >= 15 is 0 Å². The predicted molar refractivity (Wildman–Crippen MR) is 81.0 cm³/mol. The minimum atomic E-state index is 1.21. The van der Waals surface area contributed by atoms with Crippen molar-refractivity contribution in [3.63, 3.8) is 0 Å². The van der Waals surface area contributed by atoms with Crippen LogP contribution in [0.3, 0.4) is 0 Å². The lowest BCUT2D eigenvalue weighted by atomic mass is 10.0. The van der Waals surface area contributed by atoms with Crippen molar-refractivity contribution in [2.24, 2.45) is 0 Å². The molecule has 18 heavy (non-hydrogen) atoms. The summed E-state index contributed by atoms with van der Waals surface area (Å²) in [5, 5.41) is 0. The lowest BCUT2D eigenvalue weighted by Crippen LogP contribution is -1.91. The maximum atomic E-state index is 3.60. The zero-order chi connectivity index (χ0) is 13.1. The second kappa shape index (κ2) is 10.2. The van der Waals surface area contributed by atoms with Gasteiger partial charge in [-0.05, 0) is 42.9 Å². The summed E-state index contributed by atoms with van der Waals surface area (Å²) in [7, 11) is 0. The average Bonchev–Trinajstić information content (AvgIpc) is 2.40. The molecule has 0 heterocycles. The molecule has 0 bridgehead atoms. The molecule has 0 saturated carbocycles. The average molecular weight is 245 g/mol. The van der Waals surface area contributed by atoms with Gasteiger partial charge in [0.1, 0.15) is 0 Å². The number of unbranched alkanes of at least 4 members (excludes halogenated alkanes) is 6. The number of aryl methyl sites for hydroxylation is 2. The van der Waals surface area contributed by atoms with E-state index in [0.29, 0.717) is 0 Å². The summed E-state index contributed by atoms with van der Waals surface area (Å²) in [5.74, 6) is 0. The maximum absolute atomic E-state index is 3.60. The molecule has 0 nitrogen and oxygen atoms in total. The first-order chi connectivity index (χ1) is 8.86. The monoisotopic (exact) mass is 245 g/mol. The van der Waals surface area contributed by atoms with Gasteiger partial charge in [-0.25, -0.2) is 0 Å². The third kappa shape index (κ3) is 6.83. The van der Waals surface area contributed by atoms with Gasteiger partial charge >= 0.3 is 0 Å². The van der Waals surface area contributed by atoms with Crippen molar-refractivity contribution < 1.29 is 0 Å². The molecule has 0 fully saturated rings. The van der Waals surface area contributed by atoms with Gasteiger partial charge in [0.2, 0.25) is 0 Å². The number of benzene rings is 1. The van der Waals surface area contributed by atoms with Gasteiger partial charge in [0.05, 0.1) is 0 Å². The molecule has 0 aliphatic carbocycles. The Morgan fingerprint density at radius 2 is 1.22 bits per heavy atom. The van der Waals surface area contributed by atoms with Gasteiger partial charge in [0, 0.05) is 0 Å². The fraction of sp³-hybridized carbons (Fsp3) is 0.667. The Morgan fingerprint density at radius 3 is 1.67 bits per heavy atom. The maximum Gasteiger partial charge on any atom is -0.0114 e. The normalized spacial score (nSPS) is 10.8. The van der Waals surface area contributed by atoms with Crippen LogP contribution in [0.2, 0.25) is 0 Å². The van der Waals surface area contributed by atoms with Crippen LogP contribution in [-0.4, -0.2) is 0 Å².